The molecule has 25 heavy (non-hydrogen) atoms. The highest BCUT2D eigenvalue weighted by Crippen LogP contribution is 2.11. The van der Waals surface area contributed by atoms with Gasteiger partial charge in [0.2, 0.25) is 0 Å². The van der Waals surface area contributed by atoms with E-state index in [1.54, 1.807) is 0 Å². The highest BCUT2D eigenvalue weighted by Gasteiger charge is 2.03. The standard InChI is InChI=1S/C18H27N5S.HI/c1-3-19-18(20-10-7-13-24-2)21-14-16-8-4-5-9-17(16)15-23-12-6-11-22-23;/h4-6,8-9,11-12H,3,7,10,13-15H2,1-2H3,(H2,19,20,21);1H. The van der Waals surface area contributed by atoms with Crippen molar-refractivity contribution in [2.24, 2.45) is 4.99 Å². The van der Waals surface area contributed by atoms with Crippen molar-refractivity contribution in [1.29, 1.82) is 0 Å². The van der Waals surface area contributed by atoms with Gasteiger partial charge >= 0.3 is 0 Å². The van der Waals surface area contributed by atoms with Crippen LogP contribution in [0.2, 0.25) is 0 Å². The fourth-order valence-electron chi connectivity index (χ4n) is 2.36. The lowest BCUT2D eigenvalue weighted by molar-refractivity contribution is 0.680. The number of rotatable bonds is 9. The van der Waals surface area contributed by atoms with E-state index in [0.29, 0.717) is 6.54 Å². The van der Waals surface area contributed by atoms with E-state index >= 15 is 0 Å². The molecule has 1 aromatic heterocycles. The Labute approximate surface area is 172 Å². The van der Waals surface area contributed by atoms with E-state index in [-0.39, 0.29) is 24.0 Å². The lowest BCUT2D eigenvalue weighted by Gasteiger charge is -2.12. The molecule has 0 aliphatic rings. The van der Waals surface area contributed by atoms with Gasteiger partial charge in [0.25, 0.3) is 0 Å². The Kier molecular flexibility index (Phi) is 11.4. The van der Waals surface area contributed by atoms with Crippen LogP contribution >= 0.6 is 35.7 Å². The minimum atomic E-state index is 0. The minimum absolute atomic E-state index is 0. The highest BCUT2D eigenvalue weighted by molar-refractivity contribution is 14.0. The summed E-state index contributed by atoms with van der Waals surface area (Å²) in [6, 6.07) is 10.4. The van der Waals surface area contributed by atoms with Crippen molar-refractivity contribution in [3.05, 3.63) is 53.9 Å². The van der Waals surface area contributed by atoms with Crippen molar-refractivity contribution in [3.63, 3.8) is 0 Å². The summed E-state index contributed by atoms with van der Waals surface area (Å²) in [5.74, 6) is 2.05. The topological polar surface area (TPSA) is 54.2 Å². The van der Waals surface area contributed by atoms with E-state index < -0.39 is 0 Å². The van der Waals surface area contributed by atoms with Crippen molar-refractivity contribution in [2.45, 2.75) is 26.4 Å². The van der Waals surface area contributed by atoms with Gasteiger partial charge in [-0.3, -0.25) is 4.68 Å². The molecule has 7 heteroatoms. The van der Waals surface area contributed by atoms with Crippen molar-refractivity contribution in [3.8, 4) is 0 Å². The van der Waals surface area contributed by atoms with Gasteiger partial charge in [-0.25, -0.2) is 4.99 Å². The van der Waals surface area contributed by atoms with Crippen LogP contribution in [-0.4, -0.2) is 40.8 Å². The van der Waals surface area contributed by atoms with Crippen molar-refractivity contribution in [1.82, 2.24) is 20.4 Å². The van der Waals surface area contributed by atoms with E-state index in [2.05, 4.69) is 53.2 Å². The average molecular weight is 473 g/mol. The SMILES string of the molecule is CCNC(=NCc1ccccc1Cn1cccn1)NCCCSC.I. The van der Waals surface area contributed by atoms with Crippen LogP contribution in [0.15, 0.2) is 47.7 Å². The van der Waals surface area contributed by atoms with E-state index in [9.17, 15) is 0 Å². The quantitative estimate of drug-likeness (QED) is 0.254. The molecule has 0 saturated heterocycles. The smallest absolute Gasteiger partial charge is 0.191 e. The van der Waals surface area contributed by atoms with Crippen LogP contribution in [0.5, 0.6) is 0 Å². The zero-order valence-electron chi connectivity index (χ0n) is 14.9. The zero-order chi connectivity index (χ0) is 17.0. The van der Waals surface area contributed by atoms with Crippen LogP contribution in [0.25, 0.3) is 0 Å². The van der Waals surface area contributed by atoms with E-state index in [1.807, 2.05) is 34.9 Å². The summed E-state index contributed by atoms with van der Waals surface area (Å²) in [4.78, 5) is 4.73. The molecule has 2 N–H and O–H groups in total. The number of benzene rings is 1. The number of aromatic nitrogens is 2. The first kappa shape index (κ1) is 21.8. The number of halogens is 1. The second-order valence-electron chi connectivity index (χ2n) is 5.44. The zero-order valence-corrected chi connectivity index (χ0v) is 18.1. The predicted octanol–water partition coefficient (Wildman–Crippen LogP) is 3.36. The molecule has 0 fully saturated rings. The van der Waals surface area contributed by atoms with Crippen LogP contribution in [0.1, 0.15) is 24.5 Å². The summed E-state index contributed by atoms with van der Waals surface area (Å²) in [6.07, 6.45) is 7.07. The maximum absolute atomic E-state index is 4.73. The molecule has 2 aromatic rings. The van der Waals surface area contributed by atoms with E-state index in [0.717, 1.165) is 32.0 Å². The van der Waals surface area contributed by atoms with Crippen molar-refractivity contribution < 1.29 is 0 Å². The molecule has 5 nitrogen and oxygen atoms in total. The molecule has 0 saturated carbocycles. The third kappa shape index (κ3) is 8.13. The van der Waals surface area contributed by atoms with Crippen LogP contribution in [0, 0.1) is 0 Å². The number of guanidine groups is 1. The number of hydrogen-bond donors (Lipinski definition) is 2. The summed E-state index contributed by atoms with van der Waals surface area (Å²) in [5.41, 5.74) is 2.48. The lowest BCUT2D eigenvalue weighted by atomic mass is 10.1. The number of nitrogens with zero attached hydrogens (tertiary/aromatic N) is 3. The molecule has 0 amide bonds. The highest BCUT2D eigenvalue weighted by atomic mass is 127. The molecular weight excluding hydrogens is 445 g/mol. The van der Waals surface area contributed by atoms with Gasteiger partial charge in [0.05, 0.1) is 13.1 Å². The Bertz CT molecular complexity index is 616. The molecule has 1 aromatic carbocycles. The summed E-state index contributed by atoms with van der Waals surface area (Å²) in [5, 5.41) is 11.0. The molecule has 1 heterocycles. The van der Waals surface area contributed by atoms with Crippen LogP contribution < -0.4 is 10.6 Å². The molecule has 0 aliphatic carbocycles. The van der Waals surface area contributed by atoms with Gasteiger partial charge in [0.1, 0.15) is 0 Å². The van der Waals surface area contributed by atoms with Gasteiger partial charge in [-0.1, -0.05) is 24.3 Å². The van der Waals surface area contributed by atoms with Crippen molar-refractivity contribution >= 4 is 41.7 Å². The fourth-order valence-corrected chi connectivity index (χ4v) is 2.80. The molecule has 2 rings (SSSR count). The first-order valence-electron chi connectivity index (χ1n) is 8.38. The fraction of sp³-hybridized carbons (Fsp3) is 0.444. The average Bonchev–Trinajstić information content (AvgIpc) is 3.10. The Morgan fingerprint density at radius 3 is 2.68 bits per heavy atom. The number of nitrogens with one attached hydrogen (secondary N) is 2. The van der Waals surface area contributed by atoms with Crippen LogP contribution in [0.4, 0.5) is 0 Å². The molecule has 0 spiro atoms. The third-order valence-corrected chi connectivity index (χ3v) is 4.28. The number of hydrogen-bond acceptors (Lipinski definition) is 3. The second kappa shape index (κ2) is 13.0. The molecule has 0 bridgehead atoms. The van der Waals surface area contributed by atoms with Gasteiger partial charge in [0.15, 0.2) is 5.96 Å². The Balaban J connectivity index is 0.00000312. The van der Waals surface area contributed by atoms with Gasteiger partial charge in [-0.05, 0) is 42.5 Å². The van der Waals surface area contributed by atoms with Crippen molar-refractivity contribution in [2.75, 3.05) is 25.1 Å². The van der Waals surface area contributed by atoms with Gasteiger partial charge in [-0.2, -0.15) is 16.9 Å². The Morgan fingerprint density at radius 2 is 2.00 bits per heavy atom. The predicted molar refractivity (Wildman–Crippen MR) is 119 cm³/mol. The largest absolute Gasteiger partial charge is 0.357 e. The molecule has 0 aliphatic heterocycles. The maximum Gasteiger partial charge on any atom is 0.191 e. The summed E-state index contributed by atoms with van der Waals surface area (Å²) >= 11 is 1.87. The third-order valence-electron chi connectivity index (χ3n) is 3.58. The summed E-state index contributed by atoms with van der Waals surface area (Å²) in [7, 11) is 0. The molecular formula is C18H28IN5S. The Morgan fingerprint density at radius 1 is 1.20 bits per heavy atom. The molecule has 0 unspecified atom stereocenters. The van der Waals surface area contributed by atoms with Gasteiger partial charge < -0.3 is 10.6 Å². The van der Waals surface area contributed by atoms with Crippen LogP contribution in [0.3, 0.4) is 0 Å². The Hall–Kier alpha value is -1.22. The first-order valence-corrected chi connectivity index (χ1v) is 9.78. The second-order valence-corrected chi connectivity index (χ2v) is 6.43. The van der Waals surface area contributed by atoms with Gasteiger partial charge in [-0.15, -0.1) is 24.0 Å². The maximum atomic E-state index is 4.73. The normalized spacial score (nSPS) is 11.0. The monoisotopic (exact) mass is 473 g/mol. The molecule has 0 atom stereocenters. The summed E-state index contributed by atoms with van der Waals surface area (Å²) in [6.45, 7) is 5.33. The van der Waals surface area contributed by atoms with E-state index in [1.165, 1.54) is 16.9 Å². The molecule has 0 radical (unpaired) electrons. The number of thioether (sulfide) groups is 1. The van der Waals surface area contributed by atoms with Gasteiger partial charge in [0, 0.05) is 25.5 Å². The first-order chi connectivity index (χ1) is 11.8. The van der Waals surface area contributed by atoms with Crippen LogP contribution in [-0.2, 0) is 13.1 Å². The minimum Gasteiger partial charge on any atom is -0.357 e. The van der Waals surface area contributed by atoms with E-state index in [4.69, 9.17) is 4.99 Å². The lowest BCUT2D eigenvalue weighted by Crippen LogP contribution is -2.37. The molecule has 138 valence electrons. The summed E-state index contributed by atoms with van der Waals surface area (Å²) < 4.78 is 1.94. The number of aliphatic imine (C=N–C) groups is 1.